The molecular formula is C14H17ClO. The molecule has 0 N–H and O–H groups in total. The summed E-state index contributed by atoms with van der Waals surface area (Å²) in [6.07, 6.45) is 4.05. The molecular weight excluding hydrogens is 220 g/mol. The van der Waals surface area contributed by atoms with Crippen molar-refractivity contribution in [1.29, 1.82) is 0 Å². The first-order chi connectivity index (χ1) is 7.66. The maximum absolute atomic E-state index is 12.1. The summed E-state index contributed by atoms with van der Waals surface area (Å²) in [6.45, 7) is 2.19. The lowest BCUT2D eigenvalue weighted by Crippen LogP contribution is -2.18. The van der Waals surface area contributed by atoms with Gasteiger partial charge in [0, 0.05) is 17.4 Å². The van der Waals surface area contributed by atoms with Crippen LogP contribution >= 0.6 is 11.6 Å². The standard InChI is InChI=1S/C14H17ClO/c1-10-3-2-4-13(10)14(16)9-11-5-7-12(15)8-6-11/h5-8,10,13H,2-4,9H2,1H3. The van der Waals surface area contributed by atoms with Gasteiger partial charge >= 0.3 is 0 Å². The van der Waals surface area contributed by atoms with Crippen LogP contribution in [0.2, 0.25) is 5.02 Å². The predicted molar refractivity (Wildman–Crippen MR) is 66.7 cm³/mol. The molecule has 0 saturated heterocycles. The molecule has 1 saturated carbocycles. The van der Waals surface area contributed by atoms with Crippen LogP contribution < -0.4 is 0 Å². The number of carbonyl (C=O) groups excluding carboxylic acids is 1. The molecule has 1 aliphatic rings. The fraction of sp³-hybridized carbons (Fsp3) is 0.500. The molecule has 16 heavy (non-hydrogen) atoms. The first-order valence-electron chi connectivity index (χ1n) is 5.94. The van der Waals surface area contributed by atoms with Gasteiger partial charge in [-0.25, -0.2) is 0 Å². The highest BCUT2D eigenvalue weighted by atomic mass is 35.5. The van der Waals surface area contributed by atoms with Gasteiger partial charge in [0.05, 0.1) is 0 Å². The van der Waals surface area contributed by atoms with Gasteiger partial charge in [0.15, 0.2) is 0 Å². The minimum Gasteiger partial charge on any atom is -0.299 e. The number of hydrogen-bond donors (Lipinski definition) is 0. The smallest absolute Gasteiger partial charge is 0.140 e. The molecule has 2 atom stereocenters. The molecule has 0 amide bonds. The molecule has 1 aromatic carbocycles. The van der Waals surface area contributed by atoms with Crippen LogP contribution in [0.5, 0.6) is 0 Å². The maximum atomic E-state index is 12.1. The summed E-state index contributed by atoms with van der Waals surface area (Å²) in [4.78, 5) is 12.1. The lowest BCUT2D eigenvalue weighted by atomic mass is 9.90. The Kier molecular flexibility index (Phi) is 3.65. The average Bonchev–Trinajstić information content (AvgIpc) is 2.68. The van der Waals surface area contributed by atoms with E-state index < -0.39 is 0 Å². The molecule has 0 spiro atoms. The lowest BCUT2D eigenvalue weighted by molar-refractivity contribution is -0.123. The van der Waals surface area contributed by atoms with Gasteiger partial charge in [-0.1, -0.05) is 37.1 Å². The number of benzene rings is 1. The van der Waals surface area contributed by atoms with Crippen molar-refractivity contribution in [3.8, 4) is 0 Å². The van der Waals surface area contributed by atoms with E-state index in [1.165, 1.54) is 12.8 Å². The monoisotopic (exact) mass is 236 g/mol. The molecule has 2 rings (SSSR count). The molecule has 0 aliphatic heterocycles. The summed E-state index contributed by atoms with van der Waals surface area (Å²) in [5.41, 5.74) is 1.08. The molecule has 0 aromatic heterocycles. The van der Waals surface area contributed by atoms with Crippen LogP contribution in [0.25, 0.3) is 0 Å². The van der Waals surface area contributed by atoms with E-state index in [0.717, 1.165) is 17.0 Å². The number of Topliss-reactive ketones (excluding diaryl/α,β-unsaturated/α-hetero) is 1. The van der Waals surface area contributed by atoms with Crippen LogP contribution in [0, 0.1) is 11.8 Å². The molecule has 1 aliphatic carbocycles. The van der Waals surface area contributed by atoms with Crippen molar-refractivity contribution in [2.45, 2.75) is 32.6 Å². The molecule has 1 aromatic rings. The number of carbonyl (C=O) groups is 1. The van der Waals surface area contributed by atoms with Crippen molar-refractivity contribution >= 4 is 17.4 Å². The molecule has 1 nitrogen and oxygen atoms in total. The van der Waals surface area contributed by atoms with Gasteiger partial charge in [-0.2, -0.15) is 0 Å². The zero-order valence-electron chi connectivity index (χ0n) is 9.58. The molecule has 0 radical (unpaired) electrons. The second-order valence-corrected chi connectivity index (χ2v) is 5.22. The predicted octanol–water partition coefficient (Wildman–Crippen LogP) is 3.89. The highest BCUT2D eigenvalue weighted by Crippen LogP contribution is 2.32. The molecule has 0 heterocycles. The summed E-state index contributed by atoms with van der Waals surface area (Å²) in [7, 11) is 0. The van der Waals surface area contributed by atoms with Crippen molar-refractivity contribution in [1.82, 2.24) is 0 Å². The van der Waals surface area contributed by atoms with Crippen molar-refractivity contribution in [2.24, 2.45) is 11.8 Å². The van der Waals surface area contributed by atoms with E-state index in [0.29, 0.717) is 18.1 Å². The quantitative estimate of drug-likeness (QED) is 0.778. The van der Waals surface area contributed by atoms with Gasteiger partial charge in [-0.05, 0) is 36.5 Å². The van der Waals surface area contributed by atoms with E-state index in [2.05, 4.69) is 6.92 Å². The SMILES string of the molecule is CC1CCCC1C(=O)Cc1ccc(Cl)cc1. The van der Waals surface area contributed by atoms with Crippen LogP contribution in [0.1, 0.15) is 31.7 Å². The molecule has 86 valence electrons. The fourth-order valence-electron chi connectivity index (χ4n) is 2.56. The molecule has 2 unspecified atom stereocenters. The highest BCUT2D eigenvalue weighted by Gasteiger charge is 2.29. The summed E-state index contributed by atoms with van der Waals surface area (Å²) < 4.78 is 0. The third-order valence-electron chi connectivity index (χ3n) is 3.57. The van der Waals surface area contributed by atoms with Crippen molar-refractivity contribution in [2.75, 3.05) is 0 Å². The van der Waals surface area contributed by atoms with Gasteiger partial charge in [-0.3, -0.25) is 4.79 Å². The van der Waals surface area contributed by atoms with Crippen molar-refractivity contribution in [3.63, 3.8) is 0 Å². The van der Waals surface area contributed by atoms with Crippen molar-refractivity contribution in [3.05, 3.63) is 34.9 Å². The fourth-order valence-corrected chi connectivity index (χ4v) is 2.68. The summed E-state index contributed by atoms with van der Waals surface area (Å²) >= 11 is 5.81. The van der Waals surface area contributed by atoms with Crippen LogP contribution in [0.3, 0.4) is 0 Å². The summed E-state index contributed by atoms with van der Waals surface area (Å²) in [6, 6.07) is 7.59. The van der Waals surface area contributed by atoms with E-state index in [4.69, 9.17) is 11.6 Å². The van der Waals surface area contributed by atoms with Gasteiger partial charge in [0.1, 0.15) is 5.78 Å². The van der Waals surface area contributed by atoms with Gasteiger partial charge < -0.3 is 0 Å². The zero-order chi connectivity index (χ0) is 11.5. The molecule has 2 heteroatoms. The minimum absolute atomic E-state index is 0.288. The van der Waals surface area contributed by atoms with E-state index >= 15 is 0 Å². The largest absolute Gasteiger partial charge is 0.299 e. The highest BCUT2D eigenvalue weighted by molar-refractivity contribution is 6.30. The second-order valence-electron chi connectivity index (χ2n) is 4.78. The van der Waals surface area contributed by atoms with Crippen LogP contribution in [0.15, 0.2) is 24.3 Å². The van der Waals surface area contributed by atoms with Gasteiger partial charge in [0.25, 0.3) is 0 Å². The Bertz CT molecular complexity index is 369. The first-order valence-corrected chi connectivity index (χ1v) is 6.32. The third-order valence-corrected chi connectivity index (χ3v) is 3.82. The Morgan fingerprint density at radius 3 is 2.56 bits per heavy atom. The summed E-state index contributed by atoms with van der Waals surface area (Å²) in [5.74, 6) is 1.25. The Hall–Kier alpha value is -0.820. The number of rotatable bonds is 3. The zero-order valence-corrected chi connectivity index (χ0v) is 10.3. The number of ketones is 1. The van der Waals surface area contributed by atoms with Crippen LogP contribution in [0.4, 0.5) is 0 Å². The van der Waals surface area contributed by atoms with E-state index in [1.54, 1.807) is 0 Å². The van der Waals surface area contributed by atoms with E-state index in [9.17, 15) is 4.79 Å². The van der Waals surface area contributed by atoms with Crippen molar-refractivity contribution < 1.29 is 4.79 Å². The lowest BCUT2D eigenvalue weighted by Gasteiger charge is -2.13. The number of halogens is 1. The van der Waals surface area contributed by atoms with E-state index in [1.807, 2.05) is 24.3 Å². The Labute approximate surface area is 102 Å². The summed E-state index contributed by atoms with van der Waals surface area (Å²) in [5, 5.41) is 0.727. The molecule has 1 fully saturated rings. The molecule has 0 bridgehead atoms. The maximum Gasteiger partial charge on any atom is 0.140 e. The third kappa shape index (κ3) is 2.65. The Morgan fingerprint density at radius 2 is 2.00 bits per heavy atom. The van der Waals surface area contributed by atoms with Crippen LogP contribution in [-0.4, -0.2) is 5.78 Å². The van der Waals surface area contributed by atoms with Gasteiger partial charge in [-0.15, -0.1) is 0 Å². The normalized spacial score (nSPS) is 24.6. The Balaban J connectivity index is 1.99. The van der Waals surface area contributed by atoms with E-state index in [-0.39, 0.29) is 5.92 Å². The number of hydrogen-bond acceptors (Lipinski definition) is 1. The second kappa shape index (κ2) is 5.01. The van der Waals surface area contributed by atoms with Crippen LogP contribution in [-0.2, 0) is 11.2 Å². The topological polar surface area (TPSA) is 17.1 Å². The minimum atomic E-state index is 0.288. The average molecular weight is 237 g/mol. The Morgan fingerprint density at radius 1 is 1.31 bits per heavy atom. The van der Waals surface area contributed by atoms with Gasteiger partial charge in [0.2, 0.25) is 0 Å². The first kappa shape index (κ1) is 11.7.